The van der Waals surface area contributed by atoms with Crippen LogP contribution in [0, 0.1) is 22.7 Å². The number of nitriles is 2. The van der Waals surface area contributed by atoms with Crippen molar-refractivity contribution in [2.45, 2.75) is 6.04 Å². The molecule has 1 aliphatic heterocycles. The zero-order chi connectivity index (χ0) is 13.0. The van der Waals surface area contributed by atoms with Gasteiger partial charge in [-0.2, -0.15) is 10.5 Å². The van der Waals surface area contributed by atoms with E-state index in [1.165, 1.54) is 0 Å². The fourth-order valence-electron chi connectivity index (χ4n) is 2.21. The quantitative estimate of drug-likeness (QED) is 0.643. The summed E-state index contributed by atoms with van der Waals surface area (Å²) in [4.78, 5) is 4.73. The Kier molecular flexibility index (Phi) is 3.94. The average Bonchev–Trinajstić information content (AvgIpc) is 2.42. The van der Waals surface area contributed by atoms with Gasteiger partial charge in [0.2, 0.25) is 0 Å². The summed E-state index contributed by atoms with van der Waals surface area (Å²) in [6.07, 6.45) is 7.89. The van der Waals surface area contributed by atoms with Crippen LogP contribution in [0.2, 0.25) is 0 Å². The van der Waals surface area contributed by atoms with Crippen molar-refractivity contribution >= 4 is 0 Å². The molecule has 1 aliphatic carbocycles. The third kappa shape index (κ3) is 2.68. The smallest absolute Gasteiger partial charge is 0.136 e. The molecule has 4 nitrogen and oxygen atoms in total. The number of rotatable bonds is 1. The molecule has 0 radical (unpaired) electrons. The molecule has 0 bridgehead atoms. The fraction of sp³-hybridized carbons (Fsp3) is 0.429. The Hall–Kier alpha value is -1.88. The van der Waals surface area contributed by atoms with Crippen molar-refractivity contribution in [2.24, 2.45) is 0 Å². The second-order valence-electron chi connectivity index (χ2n) is 4.60. The summed E-state index contributed by atoms with van der Waals surface area (Å²) in [6, 6.07) is 4.13. The molecule has 18 heavy (non-hydrogen) atoms. The van der Waals surface area contributed by atoms with Gasteiger partial charge in [0.1, 0.15) is 17.7 Å². The Morgan fingerprint density at radius 2 is 1.67 bits per heavy atom. The number of hydrogen-bond donors (Lipinski definition) is 0. The lowest BCUT2D eigenvalue weighted by molar-refractivity contribution is 0.145. The van der Waals surface area contributed by atoms with Crippen LogP contribution in [0.25, 0.3) is 0 Å². The van der Waals surface area contributed by atoms with E-state index in [-0.39, 0.29) is 5.57 Å². The van der Waals surface area contributed by atoms with E-state index in [9.17, 15) is 0 Å². The van der Waals surface area contributed by atoms with Gasteiger partial charge in [-0.25, -0.2) is 0 Å². The molecule has 4 heteroatoms. The second kappa shape index (κ2) is 5.64. The SMILES string of the molecule is CN1CCN(C2C=CC(=C(C#N)C#N)C=C2)CC1. The summed E-state index contributed by atoms with van der Waals surface area (Å²) in [7, 11) is 2.14. The van der Waals surface area contributed by atoms with E-state index in [1.807, 2.05) is 24.3 Å². The minimum atomic E-state index is 0.180. The van der Waals surface area contributed by atoms with Crippen LogP contribution in [0.4, 0.5) is 0 Å². The maximum atomic E-state index is 8.81. The molecule has 2 rings (SSSR count). The lowest BCUT2D eigenvalue weighted by Gasteiger charge is -2.36. The van der Waals surface area contributed by atoms with Crippen molar-refractivity contribution in [2.75, 3.05) is 33.2 Å². The van der Waals surface area contributed by atoms with Gasteiger partial charge in [0.15, 0.2) is 0 Å². The monoisotopic (exact) mass is 240 g/mol. The first-order valence-electron chi connectivity index (χ1n) is 6.08. The Bertz CT molecular complexity index is 447. The molecular formula is C14H16N4. The number of allylic oxidation sites excluding steroid dienone is 4. The van der Waals surface area contributed by atoms with E-state index in [1.54, 1.807) is 0 Å². The first kappa shape index (κ1) is 12.6. The van der Waals surface area contributed by atoms with Crippen molar-refractivity contribution in [3.63, 3.8) is 0 Å². The molecule has 92 valence electrons. The minimum absolute atomic E-state index is 0.180. The third-order valence-electron chi connectivity index (χ3n) is 3.42. The van der Waals surface area contributed by atoms with Crippen molar-refractivity contribution in [3.05, 3.63) is 35.5 Å². The van der Waals surface area contributed by atoms with Gasteiger partial charge >= 0.3 is 0 Å². The number of piperazine rings is 1. The number of likely N-dealkylation sites (N-methyl/N-ethyl adjacent to an activating group) is 1. The van der Waals surface area contributed by atoms with Gasteiger partial charge < -0.3 is 4.90 Å². The molecule has 0 atom stereocenters. The topological polar surface area (TPSA) is 54.1 Å². The lowest BCUT2D eigenvalue weighted by Crippen LogP contribution is -2.48. The van der Waals surface area contributed by atoms with E-state index >= 15 is 0 Å². The summed E-state index contributed by atoms with van der Waals surface area (Å²) >= 11 is 0. The highest BCUT2D eigenvalue weighted by atomic mass is 15.3. The Morgan fingerprint density at radius 3 is 2.17 bits per heavy atom. The van der Waals surface area contributed by atoms with Crippen LogP contribution < -0.4 is 0 Å². The number of hydrogen-bond acceptors (Lipinski definition) is 4. The molecule has 0 aromatic carbocycles. The maximum Gasteiger partial charge on any atom is 0.136 e. The zero-order valence-corrected chi connectivity index (χ0v) is 10.5. The molecule has 1 fully saturated rings. The van der Waals surface area contributed by atoms with E-state index in [0.29, 0.717) is 11.6 Å². The first-order valence-corrected chi connectivity index (χ1v) is 6.08. The molecule has 0 saturated carbocycles. The Balaban J connectivity index is 2.04. The van der Waals surface area contributed by atoms with E-state index < -0.39 is 0 Å². The second-order valence-corrected chi connectivity index (χ2v) is 4.60. The molecule has 1 saturated heterocycles. The summed E-state index contributed by atoms with van der Waals surface area (Å²) in [5, 5.41) is 17.6. The molecular weight excluding hydrogens is 224 g/mol. The molecule has 0 amide bonds. The summed E-state index contributed by atoms with van der Waals surface area (Å²) in [5.41, 5.74) is 0.893. The number of nitrogens with zero attached hydrogens (tertiary/aromatic N) is 4. The van der Waals surface area contributed by atoms with Gasteiger partial charge in [-0.05, 0) is 7.05 Å². The van der Waals surface area contributed by atoms with E-state index in [4.69, 9.17) is 10.5 Å². The highest BCUT2D eigenvalue weighted by Crippen LogP contribution is 2.17. The van der Waals surface area contributed by atoms with Crippen LogP contribution in [-0.4, -0.2) is 49.1 Å². The summed E-state index contributed by atoms with van der Waals surface area (Å²) in [5.74, 6) is 0. The third-order valence-corrected chi connectivity index (χ3v) is 3.42. The molecule has 0 unspecified atom stereocenters. The predicted octanol–water partition coefficient (Wildman–Crippen LogP) is 1.07. The standard InChI is InChI=1S/C14H16N4/c1-17-6-8-18(9-7-17)14-4-2-12(3-5-14)13(10-15)11-16/h2-5,14H,6-9H2,1H3. The van der Waals surface area contributed by atoms with Gasteiger partial charge in [-0.15, -0.1) is 0 Å². The highest BCUT2D eigenvalue weighted by molar-refractivity contribution is 5.52. The summed E-state index contributed by atoms with van der Waals surface area (Å²) < 4.78 is 0. The van der Waals surface area contributed by atoms with Crippen molar-refractivity contribution in [3.8, 4) is 12.1 Å². The van der Waals surface area contributed by atoms with Crippen LogP contribution in [0.1, 0.15) is 0 Å². The van der Waals surface area contributed by atoms with E-state index in [2.05, 4.69) is 29.0 Å². The Labute approximate surface area is 108 Å². The van der Waals surface area contributed by atoms with Gasteiger partial charge in [-0.3, -0.25) is 4.90 Å². The highest BCUT2D eigenvalue weighted by Gasteiger charge is 2.20. The van der Waals surface area contributed by atoms with Gasteiger partial charge in [0.05, 0.1) is 0 Å². The average molecular weight is 240 g/mol. The van der Waals surface area contributed by atoms with Gasteiger partial charge in [-0.1, -0.05) is 24.3 Å². The normalized spacial score (nSPS) is 24.6. The minimum Gasteiger partial charge on any atom is -0.304 e. The predicted molar refractivity (Wildman–Crippen MR) is 69.4 cm³/mol. The molecule has 0 aromatic rings. The fourth-order valence-corrected chi connectivity index (χ4v) is 2.21. The van der Waals surface area contributed by atoms with Crippen LogP contribution in [0.15, 0.2) is 35.5 Å². The molecule has 0 aromatic heterocycles. The van der Waals surface area contributed by atoms with Crippen molar-refractivity contribution < 1.29 is 0 Å². The maximum absolute atomic E-state index is 8.81. The Morgan fingerprint density at radius 1 is 1.11 bits per heavy atom. The van der Waals surface area contributed by atoms with Crippen LogP contribution >= 0.6 is 0 Å². The molecule has 1 heterocycles. The first-order chi connectivity index (χ1) is 8.74. The van der Waals surface area contributed by atoms with Crippen molar-refractivity contribution in [1.82, 2.24) is 9.80 Å². The van der Waals surface area contributed by atoms with Crippen LogP contribution in [-0.2, 0) is 0 Å². The van der Waals surface area contributed by atoms with Gasteiger partial charge in [0, 0.05) is 37.8 Å². The van der Waals surface area contributed by atoms with Gasteiger partial charge in [0.25, 0.3) is 0 Å². The van der Waals surface area contributed by atoms with Crippen molar-refractivity contribution in [1.29, 1.82) is 10.5 Å². The zero-order valence-electron chi connectivity index (χ0n) is 10.5. The van der Waals surface area contributed by atoms with E-state index in [0.717, 1.165) is 26.2 Å². The summed E-state index contributed by atoms with van der Waals surface area (Å²) in [6.45, 7) is 4.28. The lowest BCUT2D eigenvalue weighted by atomic mass is 10.0. The molecule has 2 aliphatic rings. The molecule has 0 N–H and O–H groups in total. The van der Waals surface area contributed by atoms with Crippen LogP contribution in [0.3, 0.4) is 0 Å². The largest absolute Gasteiger partial charge is 0.304 e. The molecule has 0 spiro atoms. The van der Waals surface area contributed by atoms with Crippen LogP contribution in [0.5, 0.6) is 0 Å².